The van der Waals surface area contributed by atoms with E-state index in [2.05, 4.69) is 21.6 Å². The Bertz CT molecular complexity index is 680. The molecule has 1 amide bonds. The van der Waals surface area contributed by atoms with E-state index in [4.69, 9.17) is 10.00 Å². The highest BCUT2D eigenvalue weighted by Gasteiger charge is 2.17. The highest BCUT2D eigenvalue weighted by molar-refractivity contribution is 7.18. The first kappa shape index (κ1) is 14.9. The predicted octanol–water partition coefficient (Wildman–Crippen LogP) is 3.42. The number of ether oxygens (including phenoxy) is 1. The molecule has 0 saturated carbocycles. The summed E-state index contributed by atoms with van der Waals surface area (Å²) in [4.78, 5) is 11.6. The van der Waals surface area contributed by atoms with E-state index < -0.39 is 11.7 Å². The summed E-state index contributed by atoms with van der Waals surface area (Å²) >= 11 is 1.24. The Morgan fingerprint density at radius 1 is 1.29 bits per heavy atom. The van der Waals surface area contributed by atoms with E-state index >= 15 is 0 Å². The van der Waals surface area contributed by atoms with Crippen LogP contribution in [0, 0.1) is 11.3 Å². The number of amides is 1. The van der Waals surface area contributed by atoms with Crippen LogP contribution in [0.3, 0.4) is 0 Å². The quantitative estimate of drug-likeness (QED) is 0.918. The van der Waals surface area contributed by atoms with Crippen molar-refractivity contribution in [1.29, 1.82) is 5.26 Å². The zero-order chi connectivity index (χ0) is 15.5. The summed E-state index contributed by atoms with van der Waals surface area (Å²) in [5.41, 5.74) is 0.851. The van der Waals surface area contributed by atoms with Crippen molar-refractivity contribution >= 4 is 22.6 Å². The van der Waals surface area contributed by atoms with Gasteiger partial charge in [-0.3, -0.25) is 5.32 Å². The molecule has 1 aromatic heterocycles. The third kappa shape index (κ3) is 4.26. The molecule has 2 aromatic rings. The molecule has 1 heterocycles. The summed E-state index contributed by atoms with van der Waals surface area (Å²) in [5, 5.41) is 20.2. The maximum absolute atomic E-state index is 11.6. The van der Waals surface area contributed by atoms with Gasteiger partial charge in [0.25, 0.3) is 0 Å². The zero-order valence-corrected chi connectivity index (χ0v) is 12.7. The van der Waals surface area contributed by atoms with E-state index in [0.717, 1.165) is 5.56 Å². The normalized spacial score (nSPS) is 10.8. The van der Waals surface area contributed by atoms with E-state index in [1.54, 1.807) is 45.0 Å². The molecule has 0 atom stereocenters. The fourth-order valence-corrected chi connectivity index (χ4v) is 2.20. The lowest BCUT2D eigenvalue weighted by Crippen LogP contribution is -2.27. The number of carbonyl (C=O) groups excluding carboxylic acids is 1. The number of anilines is 1. The molecule has 0 radical (unpaired) electrons. The van der Waals surface area contributed by atoms with Crippen LogP contribution in [0.5, 0.6) is 0 Å². The van der Waals surface area contributed by atoms with Crippen molar-refractivity contribution in [3.05, 3.63) is 29.8 Å². The lowest BCUT2D eigenvalue weighted by Gasteiger charge is -2.18. The van der Waals surface area contributed by atoms with E-state index in [1.165, 1.54) is 11.3 Å². The second-order valence-electron chi connectivity index (χ2n) is 5.23. The molecule has 0 saturated heterocycles. The number of nitriles is 1. The van der Waals surface area contributed by atoms with Crippen LogP contribution in [0.25, 0.3) is 10.6 Å². The van der Waals surface area contributed by atoms with Crippen molar-refractivity contribution in [2.75, 3.05) is 5.32 Å². The number of carbonyl (C=O) groups is 1. The highest BCUT2D eigenvalue weighted by Crippen LogP contribution is 2.26. The standard InChI is InChI=1S/C14H14N4O2S/c1-14(2,3)20-13(19)16-12-18-17-11(21-12)10-6-4-9(8-15)5-7-10/h4-7H,1-3H3,(H,16,18,19). The van der Waals surface area contributed by atoms with Crippen LogP contribution in [-0.2, 0) is 4.74 Å². The van der Waals surface area contributed by atoms with Gasteiger partial charge in [-0.25, -0.2) is 4.79 Å². The van der Waals surface area contributed by atoms with Gasteiger partial charge in [0.1, 0.15) is 10.6 Å². The van der Waals surface area contributed by atoms with Crippen molar-refractivity contribution in [3.8, 4) is 16.6 Å². The van der Waals surface area contributed by atoms with Gasteiger partial charge in [-0.2, -0.15) is 5.26 Å². The number of benzene rings is 1. The summed E-state index contributed by atoms with van der Waals surface area (Å²) in [7, 11) is 0. The Morgan fingerprint density at radius 3 is 2.52 bits per heavy atom. The molecule has 0 unspecified atom stereocenters. The molecule has 1 N–H and O–H groups in total. The van der Waals surface area contributed by atoms with Gasteiger partial charge in [0.15, 0.2) is 0 Å². The zero-order valence-electron chi connectivity index (χ0n) is 11.9. The fraction of sp³-hybridized carbons (Fsp3) is 0.286. The van der Waals surface area contributed by atoms with Gasteiger partial charge < -0.3 is 4.74 Å². The van der Waals surface area contributed by atoms with Crippen molar-refractivity contribution in [3.63, 3.8) is 0 Å². The highest BCUT2D eigenvalue weighted by atomic mass is 32.1. The van der Waals surface area contributed by atoms with E-state index in [-0.39, 0.29) is 0 Å². The van der Waals surface area contributed by atoms with E-state index in [0.29, 0.717) is 15.7 Å². The number of hydrogen-bond acceptors (Lipinski definition) is 6. The molecule has 0 fully saturated rings. The maximum atomic E-state index is 11.6. The smallest absolute Gasteiger partial charge is 0.414 e. The van der Waals surface area contributed by atoms with E-state index in [9.17, 15) is 4.79 Å². The van der Waals surface area contributed by atoms with Gasteiger partial charge in [-0.15, -0.1) is 10.2 Å². The summed E-state index contributed by atoms with van der Waals surface area (Å²) < 4.78 is 5.14. The monoisotopic (exact) mass is 302 g/mol. The minimum Gasteiger partial charge on any atom is -0.444 e. The number of nitrogens with zero attached hydrogens (tertiary/aromatic N) is 3. The topological polar surface area (TPSA) is 87.9 Å². The fourth-order valence-electron chi connectivity index (χ4n) is 1.47. The SMILES string of the molecule is CC(C)(C)OC(=O)Nc1nnc(-c2ccc(C#N)cc2)s1. The number of aromatic nitrogens is 2. The Kier molecular flexibility index (Phi) is 4.19. The third-order valence-electron chi connectivity index (χ3n) is 2.29. The Morgan fingerprint density at radius 2 is 1.95 bits per heavy atom. The van der Waals surface area contributed by atoms with Gasteiger partial charge in [-0.1, -0.05) is 23.5 Å². The van der Waals surface area contributed by atoms with Crippen molar-refractivity contribution in [2.45, 2.75) is 26.4 Å². The van der Waals surface area contributed by atoms with Crippen LogP contribution >= 0.6 is 11.3 Å². The largest absolute Gasteiger partial charge is 0.444 e. The molecule has 6 nitrogen and oxygen atoms in total. The van der Waals surface area contributed by atoms with Crippen LogP contribution in [0.15, 0.2) is 24.3 Å². The molecule has 0 spiro atoms. The lowest BCUT2D eigenvalue weighted by atomic mass is 10.2. The molecule has 1 aromatic carbocycles. The third-order valence-corrected chi connectivity index (χ3v) is 3.18. The Hall–Kier alpha value is -2.46. The first-order valence-corrected chi connectivity index (χ1v) is 7.03. The van der Waals surface area contributed by atoms with Crippen LogP contribution < -0.4 is 5.32 Å². The molecule has 7 heteroatoms. The summed E-state index contributed by atoms with van der Waals surface area (Å²) in [6.07, 6.45) is -0.565. The van der Waals surface area contributed by atoms with Gasteiger partial charge in [-0.05, 0) is 32.9 Å². The minimum atomic E-state index is -0.565. The van der Waals surface area contributed by atoms with Crippen LogP contribution in [0.4, 0.5) is 9.93 Å². The molecule has 0 aliphatic carbocycles. The van der Waals surface area contributed by atoms with E-state index in [1.807, 2.05) is 0 Å². The molecule has 0 aliphatic heterocycles. The number of nitrogens with one attached hydrogen (secondary N) is 1. The van der Waals surface area contributed by atoms with Crippen LogP contribution in [0.2, 0.25) is 0 Å². The van der Waals surface area contributed by atoms with Gasteiger partial charge >= 0.3 is 6.09 Å². The minimum absolute atomic E-state index is 0.364. The maximum Gasteiger partial charge on any atom is 0.414 e. The average Bonchev–Trinajstić information content (AvgIpc) is 2.85. The second kappa shape index (κ2) is 5.89. The molecule has 2 rings (SSSR count). The van der Waals surface area contributed by atoms with Crippen molar-refractivity contribution in [1.82, 2.24) is 10.2 Å². The average molecular weight is 302 g/mol. The Balaban J connectivity index is 2.07. The summed E-state index contributed by atoms with van der Waals surface area (Å²) in [6.45, 7) is 5.36. The Labute approximate surface area is 126 Å². The predicted molar refractivity (Wildman–Crippen MR) is 79.9 cm³/mol. The molecule has 0 aliphatic rings. The first-order chi connectivity index (χ1) is 9.87. The van der Waals surface area contributed by atoms with Crippen molar-refractivity contribution < 1.29 is 9.53 Å². The second-order valence-corrected chi connectivity index (χ2v) is 6.21. The molecular formula is C14H14N4O2S. The number of rotatable bonds is 2. The summed E-state index contributed by atoms with van der Waals surface area (Å²) in [6, 6.07) is 9.04. The summed E-state index contributed by atoms with van der Waals surface area (Å²) in [5.74, 6) is 0. The molecule has 108 valence electrons. The molecule has 0 bridgehead atoms. The number of hydrogen-bond donors (Lipinski definition) is 1. The van der Waals surface area contributed by atoms with Crippen molar-refractivity contribution in [2.24, 2.45) is 0 Å². The van der Waals surface area contributed by atoms with Crippen LogP contribution in [-0.4, -0.2) is 21.9 Å². The first-order valence-electron chi connectivity index (χ1n) is 6.21. The molecule has 21 heavy (non-hydrogen) atoms. The van der Waals surface area contributed by atoms with Gasteiger partial charge in [0.05, 0.1) is 11.6 Å². The van der Waals surface area contributed by atoms with Crippen LogP contribution in [0.1, 0.15) is 26.3 Å². The van der Waals surface area contributed by atoms with Gasteiger partial charge in [0.2, 0.25) is 5.13 Å². The van der Waals surface area contributed by atoms with Gasteiger partial charge in [0, 0.05) is 5.56 Å². The lowest BCUT2D eigenvalue weighted by molar-refractivity contribution is 0.0636. The molecular weight excluding hydrogens is 288 g/mol.